The number of hydrogen-bond donors (Lipinski definition) is 0. The van der Waals surface area contributed by atoms with Gasteiger partial charge in [0.2, 0.25) is 0 Å². The Hall–Kier alpha value is -0.670. The fourth-order valence-electron chi connectivity index (χ4n) is 1.33. The Morgan fingerprint density at radius 1 is 1.50 bits per heavy atom. The van der Waals surface area contributed by atoms with Gasteiger partial charge in [-0.3, -0.25) is 4.79 Å². The van der Waals surface area contributed by atoms with Gasteiger partial charge in [0.25, 0.3) is 0 Å². The molecule has 0 aromatic heterocycles. The Balaban J connectivity index is 2.16. The standard InChI is InChI=1S/C11H18O3/c1-11(2)9-13-10(8-14-11)6-4-3-5-7-12/h3,5,7,10H,4,6,8-9H2,1-2H3/b5-3+. The van der Waals surface area contributed by atoms with Crippen molar-refractivity contribution in [1.29, 1.82) is 0 Å². The van der Waals surface area contributed by atoms with E-state index in [4.69, 9.17) is 9.47 Å². The van der Waals surface area contributed by atoms with Gasteiger partial charge in [-0.05, 0) is 32.8 Å². The smallest absolute Gasteiger partial charge is 0.142 e. The molecule has 1 aliphatic heterocycles. The van der Waals surface area contributed by atoms with E-state index in [2.05, 4.69) is 0 Å². The summed E-state index contributed by atoms with van der Waals surface area (Å²) < 4.78 is 11.2. The van der Waals surface area contributed by atoms with Crippen molar-refractivity contribution in [2.75, 3.05) is 13.2 Å². The number of aldehydes is 1. The predicted molar refractivity (Wildman–Crippen MR) is 54.2 cm³/mol. The van der Waals surface area contributed by atoms with E-state index in [1.54, 1.807) is 0 Å². The van der Waals surface area contributed by atoms with Crippen LogP contribution in [0.3, 0.4) is 0 Å². The second kappa shape index (κ2) is 5.27. The molecule has 0 aromatic rings. The van der Waals surface area contributed by atoms with Crippen molar-refractivity contribution >= 4 is 6.29 Å². The SMILES string of the molecule is CC1(C)COC(CC/C=C/C=O)CO1. The van der Waals surface area contributed by atoms with Crippen LogP contribution >= 0.6 is 0 Å². The fraction of sp³-hybridized carbons (Fsp3) is 0.727. The molecule has 0 aromatic carbocycles. The van der Waals surface area contributed by atoms with Crippen molar-refractivity contribution in [3.63, 3.8) is 0 Å². The summed E-state index contributed by atoms with van der Waals surface area (Å²) in [6.07, 6.45) is 6.14. The van der Waals surface area contributed by atoms with Crippen LogP contribution in [0.1, 0.15) is 26.7 Å². The highest BCUT2D eigenvalue weighted by atomic mass is 16.6. The summed E-state index contributed by atoms with van der Waals surface area (Å²) >= 11 is 0. The van der Waals surface area contributed by atoms with Crippen molar-refractivity contribution in [3.05, 3.63) is 12.2 Å². The largest absolute Gasteiger partial charge is 0.373 e. The molecule has 1 saturated heterocycles. The number of allylic oxidation sites excluding steroid dienone is 2. The van der Waals surface area contributed by atoms with E-state index in [0.717, 1.165) is 19.1 Å². The van der Waals surface area contributed by atoms with E-state index < -0.39 is 0 Å². The third-order valence-corrected chi connectivity index (χ3v) is 2.20. The van der Waals surface area contributed by atoms with Gasteiger partial charge in [-0.15, -0.1) is 0 Å². The van der Waals surface area contributed by atoms with Crippen LogP contribution in [0.4, 0.5) is 0 Å². The molecule has 1 heterocycles. The quantitative estimate of drug-likeness (QED) is 0.509. The second-order valence-corrected chi connectivity index (χ2v) is 4.15. The number of hydrogen-bond acceptors (Lipinski definition) is 3. The minimum Gasteiger partial charge on any atom is -0.373 e. The summed E-state index contributed by atoms with van der Waals surface area (Å²) in [7, 11) is 0. The maximum absolute atomic E-state index is 10.00. The van der Waals surface area contributed by atoms with Crippen molar-refractivity contribution in [2.24, 2.45) is 0 Å². The van der Waals surface area contributed by atoms with Crippen LogP contribution in [-0.4, -0.2) is 31.2 Å². The molecular formula is C11H18O3. The van der Waals surface area contributed by atoms with E-state index in [9.17, 15) is 4.79 Å². The summed E-state index contributed by atoms with van der Waals surface area (Å²) in [5.41, 5.74) is -0.144. The minimum atomic E-state index is -0.144. The van der Waals surface area contributed by atoms with Crippen LogP contribution in [0.2, 0.25) is 0 Å². The number of ether oxygens (including phenoxy) is 2. The molecule has 0 spiro atoms. The molecule has 14 heavy (non-hydrogen) atoms. The molecular weight excluding hydrogens is 180 g/mol. The van der Waals surface area contributed by atoms with Gasteiger partial charge in [-0.2, -0.15) is 0 Å². The molecule has 1 fully saturated rings. The van der Waals surface area contributed by atoms with Crippen molar-refractivity contribution < 1.29 is 14.3 Å². The summed E-state index contributed by atoms with van der Waals surface area (Å²) in [5.74, 6) is 0. The minimum absolute atomic E-state index is 0.144. The highest BCUT2D eigenvalue weighted by Crippen LogP contribution is 2.19. The van der Waals surface area contributed by atoms with Crippen LogP contribution in [0.15, 0.2) is 12.2 Å². The molecule has 80 valence electrons. The highest BCUT2D eigenvalue weighted by molar-refractivity contribution is 5.64. The lowest BCUT2D eigenvalue weighted by atomic mass is 10.1. The first-order valence-electron chi connectivity index (χ1n) is 5.00. The van der Waals surface area contributed by atoms with Crippen LogP contribution in [0, 0.1) is 0 Å². The van der Waals surface area contributed by atoms with E-state index >= 15 is 0 Å². The van der Waals surface area contributed by atoms with Crippen molar-refractivity contribution in [1.82, 2.24) is 0 Å². The normalized spacial score (nSPS) is 26.6. The molecule has 0 N–H and O–H groups in total. The molecule has 0 amide bonds. The van der Waals surface area contributed by atoms with E-state index in [1.807, 2.05) is 19.9 Å². The van der Waals surface area contributed by atoms with Gasteiger partial charge in [0.05, 0.1) is 24.9 Å². The Labute approximate surface area is 85.1 Å². The van der Waals surface area contributed by atoms with Crippen LogP contribution < -0.4 is 0 Å². The van der Waals surface area contributed by atoms with Gasteiger partial charge in [-0.25, -0.2) is 0 Å². The van der Waals surface area contributed by atoms with E-state index in [-0.39, 0.29) is 11.7 Å². The topological polar surface area (TPSA) is 35.5 Å². The Kier molecular flexibility index (Phi) is 4.29. The van der Waals surface area contributed by atoms with Gasteiger partial charge in [0, 0.05) is 0 Å². The zero-order chi connectivity index (χ0) is 10.4. The molecule has 0 aliphatic carbocycles. The van der Waals surface area contributed by atoms with Gasteiger partial charge in [0.1, 0.15) is 6.29 Å². The molecule has 0 radical (unpaired) electrons. The van der Waals surface area contributed by atoms with E-state index in [0.29, 0.717) is 13.2 Å². The van der Waals surface area contributed by atoms with Gasteiger partial charge in [-0.1, -0.05) is 6.08 Å². The summed E-state index contributed by atoms with van der Waals surface area (Å²) in [6.45, 7) is 5.35. The zero-order valence-corrected chi connectivity index (χ0v) is 8.86. The number of carbonyl (C=O) groups is 1. The van der Waals surface area contributed by atoms with Gasteiger partial charge >= 0.3 is 0 Å². The van der Waals surface area contributed by atoms with Crippen molar-refractivity contribution in [3.8, 4) is 0 Å². The zero-order valence-electron chi connectivity index (χ0n) is 8.86. The first kappa shape index (κ1) is 11.4. The van der Waals surface area contributed by atoms with Gasteiger partial charge < -0.3 is 9.47 Å². The number of rotatable bonds is 4. The first-order chi connectivity index (χ1) is 6.64. The molecule has 3 nitrogen and oxygen atoms in total. The molecule has 0 saturated carbocycles. The average Bonchev–Trinajstić information content (AvgIpc) is 2.15. The fourth-order valence-corrected chi connectivity index (χ4v) is 1.33. The van der Waals surface area contributed by atoms with Crippen LogP contribution in [-0.2, 0) is 14.3 Å². The lowest BCUT2D eigenvalue weighted by molar-refractivity contribution is -0.175. The van der Waals surface area contributed by atoms with Crippen LogP contribution in [0.5, 0.6) is 0 Å². The molecule has 3 heteroatoms. The van der Waals surface area contributed by atoms with Crippen LogP contribution in [0.25, 0.3) is 0 Å². The van der Waals surface area contributed by atoms with Gasteiger partial charge in [0.15, 0.2) is 0 Å². The third kappa shape index (κ3) is 4.03. The summed E-state index contributed by atoms with van der Waals surface area (Å²) in [4.78, 5) is 10.00. The highest BCUT2D eigenvalue weighted by Gasteiger charge is 2.27. The lowest BCUT2D eigenvalue weighted by Crippen LogP contribution is -2.42. The molecule has 1 aliphatic rings. The molecule has 1 atom stereocenters. The number of carbonyl (C=O) groups excluding carboxylic acids is 1. The average molecular weight is 198 g/mol. The Bertz CT molecular complexity index is 199. The monoisotopic (exact) mass is 198 g/mol. The Morgan fingerprint density at radius 2 is 2.29 bits per heavy atom. The lowest BCUT2D eigenvalue weighted by Gasteiger charge is -2.34. The third-order valence-electron chi connectivity index (χ3n) is 2.20. The van der Waals surface area contributed by atoms with E-state index in [1.165, 1.54) is 6.08 Å². The van der Waals surface area contributed by atoms with Crippen molar-refractivity contribution in [2.45, 2.75) is 38.4 Å². The summed E-state index contributed by atoms with van der Waals surface area (Å²) in [5, 5.41) is 0. The maximum Gasteiger partial charge on any atom is 0.142 e. The first-order valence-corrected chi connectivity index (χ1v) is 5.00. The predicted octanol–water partition coefficient (Wildman–Crippen LogP) is 1.72. The molecule has 1 rings (SSSR count). The molecule has 1 unspecified atom stereocenters. The maximum atomic E-state index is 10.00. The Morgan fingerprint density at radius 3 is 2.86 bits per heavy atom. The second-order valence-electron chi connectivity index (χ2n) is 4.15. The molecule has 0 bridgehead atoms. The summed E-state index contributed by atoms with van der Waals surface area (Å²) in [6, 6.07) is 0.